The lowest BCUT2D eigenvalue weighted by atomic mass is 10.0. The number of aryl methyl sites for hydroxylation is 1. The second-order valence-electron chi connectivity index (χ2n) is 8.21. The molecule has 1 aromatic heterocycles. The molecule has 0 spiro atoms. The summed E-state index contributed by atoms with van der Waals surface area (Å²) in [7, 11) is 0. The summed E-state index contributed by atoms with van der Waals surface area (Å²) in [5.74, 6) is 0.0975. The van der Waals surface area contributed by atoms with E-state index in [1.54, 1.807) is 66.3 Å². The number of allylic oxidation sites excluding steroid dienone is 1. The van der Waals surface area contributed by atoms with Gasteiger partial charge in [0, 0.05) is 10.4 Å². The molecule has 0 saturated carbocycles. The molecule has 1 N–H and O–H groups in total. The van der Waals surface area contributed by atoms with E-state index in [1.165, 1.54) is 12.1 Å². The van der Waals surface area contributed by atoms with E-state index in [-0.39, 0.29) is 5.82 Å². The van der Waals surface area contributed by atoms with Crippen LogP contribution in [-0.4, -0.2) is 22.0 Å². The smallest absolute Gasteiger partial charge is 0.430 e. The number of fused-ring (bicyclic) bond motifs is 1. The van der Waals surface area contributed by atoms with Crippen molar-refractivity contribution >= 4 is 22.5 Å². The molecule has 182 valence electrons. The molecule has 4 aromatic rings. The summed E-state index contributed by atoms with van der Waals surface area (Å²) in [5, 5.41) is 8.08. The van der Waals surface area contributed by atoms with Crippen LogP contribution in [0, 0.1) is 12.7 Å². The van der Waals surface area contributed by atoms with Crippen molar-refractivity contribution < 1.29 is 22.3 Å². The summed E-state index contributed by atoms with van der Waals surface area (Å²) < 4.78 is 60.5. The van der Waals surface area contributed by atoms with Crippen LogP contribution in [0.3, 0.4) is 0 Å². The van der Waals surface area contributed by atoms with Gasteiger partial charge in [-0.05, 0) is 73.5 Å². The highest BCUT2D eigenvalue weighted by Crippen LogP contribution is 2.32. The standard InChI is InChI=1S/C26H22ClF4N3O/c1-15-12-18(4-10-23(15)27)25(16(2)33-17(3)26(29,30)31)35-22-9-11-24-19(13-22)14-32-34(24)21-7-5-20(28)6-8-21/h4-14,16,25,33H,3H2,1-2H3/t16-,25-/m0/s1. The van der Waals surface area contributed by atoms with Crippen LogP contribution in [0.1, 0.15) is 24.2 Å². The van der Waals surface area contributed by atoms with Crippen molar-refractivity contribution in [2.45, 2.75) is 32.2 Å². The number of hydrogen-bond acceptors (Lipinski definition) is 3. The molecular formula is C26H22ClF4N3O. The van der Waals surface area contributed by atoms with Gasteiger partial charge in [-0.1, -0.05) is 30.3 Å². The SMILES string of the molecule is C=C(N[C@@H](C)[C@H](Oc1ccc2c(cnn2-c2ccc(F)cc2)c1)c1ccc(Cl)c(C)c1)C(F)(F)F. The van der Waals surface area contributed by atoms with Crippen molar-refractivity contribution in [3.05, 3.63) is 101 Å². The first-order valence-corrected chi connectivity index (χ1v) is 11.1. The highest BCUT2D eigenvalue weighted by Gasteiger charge is 2.35. The number of nitrogens with zero attached hydrogens (tertiary/aromatic N) is 2. The molecule has 0 aliphatic carbocycles. The van der Waals surface area contributed by atoms with Crippen LogP contribution in [0.25, 0.3) is 16.6 Å². The Morgan fingerprint density at radius 1 is 1.09 bits per heavy atom. The monoisotopic (exact) mass is 503 g/mol. The number of nitrogens with one attached hydrogen (secondary N) is 1. The molecule has 0 bridgehead atoms. The molecule has 0 aliphatic rings. The molecule has 4 rings (SSSR count). The molecule has 2 atom stereocenters. The van der Waals surface area contributed by atoms with Crippen molar-refractivity contribution in [3.8, 4) is 11.4 Å². The fraction of sp³-hybridized carbons (Fsp3) is 0.192. The third-order valence-electron chi connectivity index (χ3n) is 5.58. The maximum atomic E-state index is 13.3. The largest absolute Gasteiger partial charge is 0.484 e. The molecule has 9 heteroatoms. The minimum atomic E-state index is -4.58. The maximum absolute atomic E-state index is 13.3. The van der Waals surface area contributed by atoms with Crippen molar-refractivity contribution in [1.82, 2.24) is 15.1 Å². The normalized spacial score (nSPS) is 13.5. The number of benzene rings is 3. The van der Waals surface area contributed by atoms with E-state index in [0.717, 1.165) is 16.5 Å². The summed E-state index contributed by atoms with van der Waals surface area (Å²) in [5.41, 5.74) is 1.83. The van der Waals surface area contributed by atoms with E-state index in [0.29, 0.717) is 22.0 Å². The lowest BCUT2D eigenvalue weighted by Crippen LogP contribution is -2.38. The molecule has 1 heterocycles. The van der Waals surface area contributed by atoms with Crippen LogP contribution in [-0.2, 0) is 0 Å². The molecule has 0 aliphatic heterocycles. The van der Waals surface area contributed by atoms with Crippen molar-refractivity contribution in [2.75, 3.05) is 0 Å². The minimum Gasteiger partial charge on any atom is -0.484 e. The maximum Gasteiger partial charge on any atom is 0.430 e. The summed E-state index contributed by atoms with van der Waals surface area (Å²) in [6, 6.07) is 15.6. The van der Waals surface area contributed by atoms with Gasteiger partial charge in [-0.3, -0.25) is 0 Å². The van der Waals surface area contributed by atoms with Gasteiger partial charge in [0.05, 0.1) is 23.4 Å². The summed E-state index contributed by atoms with van der Waals surface area (Å²) in [6.07, 6.45) is -3.72. The van der Waals surface area contributed by atoms with Crippen LogP contribution in [0.4, 0.5) is 17.6 Å². The minimum absolute atomic E-state index is 0.347. The van der Waals surface area contributed by atoms with Crippen LogP contribution in [0.15, 0.2) is 79.1 Å². The number of hydrogen-bond donors (Lipinski definition) is 1. The van der Waals surface area contributed by atoms with Gasteiger partial charge < -0.3 is 10.1 Å². The second kappa shape index (κ2) is 9.62. The number of aromatic nitrogens is 2. The molecule has 0 unspecified atom stereocenters. The van der Waals surface area contributed by atoms with Gasteiger partial charge in [-0.15, -0.1) is 0 Å². The van der Waals surface area contributed by atoms with E-state index >= 15 is 0 Å². The fourth-order valence-corrected chi connectivity index (χ4v) is 3.87. The zero-order valence-corrected chi connectivity index (χ0v) is 19.7. The highest BCUT2D eigenvalue weighted by molar-refractivity contribution is 6.31. The van der Waals surface area contributed by atoms with E-state index in [9.17, 15) is 17.6 Å². The summed E-state index contributed by atoms with van der Waals surface area (Å²) >= 11 is 6.15. The molecule has 4 nitrogen and oxygen atoms in total. The average Bonchev–Trinajstić information content (AvgIpc) is 3.22. The molecule has 0 amide bonds. The van der Waals surface area contributed by atoms with E-state index < -0.39 is 24.0 Å². The second-order valence-corrected chi connectivity index (χ2v) is 8.62. The highest BCUT2D eigenvalue weighted by atomic mass is 35.5. The molecular weight excluding hydrogens is 482 g/mol. The Labute approximate surface area is 204 Å². The van der Waals surface area contributed by atoms with Crippen molar-refractivity contribution in [2.24, 2.45) is 0 Å². The number of ether oxygens (including phenoxy) is 1. The van der Waals surface area contributed by atoms with Gasteiger partial charge >= 0.3 is 6.18 Å². The molecule has 0 radical (unpaired) electrons. The van der Waals surface area contributed by atoms with Crippen molar-refractivity contribution in [3.63, 3.8) is 0 Å². The third-order valence-corrected chi connectivity index (χ3v) is 6.01. The van der Waals surface area contributed by atoms with Gasteiger partial charge in [-0.25, -0.2) is 9.07 Å². The quantitative estimate of drug-likeness (QED) is 0.269. The Hall–Kier alpha value is -3.52. The number of rotatable bonds is 7. The van der Waals surface area contributed by atoms with Gasteiger partial charge in [0.25, 0.3) is 0 Å². The summed E-state index contributed by atoms with van der Waals surface area (Å²) in [4.78, 5) is 0. The van der Waals surface area contributed by atoms with E-state index in [1.807, 2.05) is 6.92 Å². The van der Waals surface area contributed by atoms with Crippen LogP contribution < -0.4 is 10.1 Å². The molecule has 0 fully saturated rings. The molecule has 0 saturated heterocycles. The predicted molar refractivity (Wildman–Crippen MR) is 128 cm³/mol. The summed E-state index contributed by atoms with van der Waals surface area (Å²) in [6.45, 7) is 6.52. The first-order valence-electron chi connectivity index (χ1n) is 10.7. The topological polar surface area (TPSA) is 39.1 Å². The van der Waals surface area contributed by atoms with Gasteiger partial charge in [0.15, 0.2) is 0 Å². The Bertz CT molecular complexity index is 1370. The van der Waals surface area contributed by atoms with Gasteiger partial charge in [-0.2, -0.15) is 18.3 Å². The predicted octanol–water partition coefficient (Wildman–Crippen LogP) is 7.30. The fourth-order valence-electron chi connectivity index (χ4n) is 3.75. The third kappa shape index (κ3) is 5.43. The molecule has 35 heavy (non-hydrogen) atoms. The Balaban J connectivity index is 1.66. The van der Waals surface area contributed by atoms with Crippen LogP contribution >= 0.6 is 11.6 Å². The van der Waals surface area contributed by atoms with E-state index in [2.05, 4.69) is 17.0 Å². The lowest BCUT2D eigenvalue weighted by Gasteiger charge is -2.28. The zero-order valence-electron chi connectivity index (χ0n) is 18.9. The lowest BCUT2D eigenvalue weighted by molar-refractivity contribution is -0.0981. The first-order chi connectivity index (χ1) is 16.5. The Morgan fingerprint density at radius 3 is 2.46 bits per heavy atom. The van der Waals surface area contributed by atoms with Gasteiger partial charge in [0.2, 0.25) is 0 Å². The Morgan fingerprint density at radius 2 is 1.80 bits per heavy atom. The number of halogens is 5. The molecule has 3 aromatic carbocycles. The zero-order chi connectivity index (χ0) is 25.3. The Kier molecular flexibility index (Phi) is 6.76. The average molecular weight is 504 g/mol. The van der Waals surface area contributed by atoms with Gasteiger partial charge in [0.1, 0.15) is 23.4 Å². The van der Waals surface area contributed by atoms with Crippen molar-refractivity contribution in [1.29, 1.82) is 0 Å². The van der Waals surface area contributed by atoms with E-state index in [4.69, 9.17) is 16.3 Å². The van der Waals surface area contributed by atoms with Crippen LogP contribution in [0.2, 0.25) is 5.02 Å². The van der Waals surface area contributed by atoms with Crippen LogP contribution in [0.5, 0.6) is 5.75 Å². The number of alkyl halides is 3. The first kappa shape index (κ1) is 24.6.